The second-order valence-electron chi connectivity index (χ2n) is 7.71. The summed E-state index contributed by atoms with van der Waals surface area (Å²) in [7, 11) is 1.55. The van der Waals surface area contributed by atoms with Crippen molar-refractivity contribution in [3.63, 3.8) is 0 Å². The third kappa shape index (κ3) is 5.94. The number of aliphatic imine (C=N–C) groups is 1. The molecule has 12 heteroatoms. The predicted molar refractivity (Wildman–Crippen MR) is 129 cm³/mol. The Kier molecular flexibility index (Phi) is 7.94. The van der Waals surface area contributed by atoms with Gasteiger partial charge < -0.3 is 20.4 Å². The zero-order valence-corrected chi connectivity index (χ0v) is 20.2. The van der Waals surface area contributed by atoms with Gasteiger partial charge in [-0.3, -0.25) is 9.79 Å². The van der Waals surface area contributed by atoms with Crippen LogP contribution < -0.4 is 10.6 Å². The minimum absolute atomic E-state index is 0.0824. The molecule has 0 spiro atoms. The topological polar surface area (TPSA) is 138 Å². The Hall–Kier alpha value is -3.38. The Morgan fingerprint density at radius 3 is 2.74 bits per heavy atom. The molecule has 3 rings (SSSR count). The van der Waals surface area contributed by atoms with Gasteiger partial charge in [0, 0.05) is 44.9 Å². The molecule has 34 heavy (non-hydrogen) atoms. The number of ether oxygens (including phenoxy) is 1. The molecule has 0 saturated carbocycles. The average Bonchev–Trinajstić information content (AvgIpc) is 3.22. The maximum absolute atomic E-state index is 13.7. The number of hydrogen-bond donors (Lipinski definition) is 3. The second kappa shape index (κ2) is 10.7. The Balaban J connectivity index is 1.93. The highest BCUT2D eigenvalue weighted by Gasteiger charge is 2.21. The fourth-order valence-corrected chi connectivity index (χ4v) is 4.21. The Bertz CT molecular complexity index is 1320. The van der Waals surface area contributed by atoms with E-state index in [0.717, 1.165) is 6.26 Å². The van der Waals surface area contributed by atoms with Crippen molar-refractivity contribution in [1.29, 1.82) is 0 Å². The molecule has 10 nitrogen and oxygen atoms in total. The van der Waals surface area contributed by atoms with Gasteiger partial charge in [-0.2, -0.15) is 0 Å². The first-order valence-electron chi connectivity index (χ1n) is 10.4. The third-order valence-corrected chi connectivity index (χ3v) is 6.12. The van der Waals surface area contributed by atoms with E-state index >= 15 is 0 Å². The molecule has 0 fully saturated rings. The number of nitrogens with zero attached hydrogens (tertiary/aromatic N) is 3. The van der Waals surface area contributed by atoms with Crippen molar-refractivity contribution in [2.45, 2.75) is 12.5 Å². The lowest BCUT2D eigenvalue weighted by molar-refractivity contribution is 0.0896. The highest BCUT2D eigenvalue weighted by atomic mass is 32.2. The molecule has 0 aliphatic carbocycles. The number of carbonyl (C=O) groups is 1. The van der Waals surface area contributed by atoms with Gasteiger partial charge >= 0.3 is 0 Å². The molecular weight excluding hydrogens is 463 g/mol. The van der Waals surface area contributed by atoms with E-state index in [1.165, 1.54) is 31.6 Å². The van der Waals surface area contributed by atoms with E-state index in [9.17, 15) is 17.6 Å². The number of aromatic nitrogens is 3. The number of amides is 1. The summed E-state index contributed by atoms with van der Waals surface area (Å²) in [5.74, 6) is -0.918. The van der Waals surface area contributed by atoms with Crippen molar-refractivity contribution in [1.82, 2.24) is 20.3 Å². The molecule has 0 unspecified atom stereocenters. The fraction of sp³-hybridized carbons (Fsp3) is 0.364. The summed E-state index contributed by atoms with van der Waals surface area (Å²) in [5.41, 5.74) is 2.99. The van der Waals surface area contributed by atoms with Crippen LogP contribution in [0.1, 0.15) is 28.0 Å². The number of hydrogen-bond acceptors (Lipinski definition) is 8. The van der Waals surface area contributed by atoms with Gasteiger partial charge in [-0.15, -0.1) is 0 Å². The lowest BCUT2D eigenvalue weighted by Crippen LogP contribution is -2.39. The molecule has 3 N–H and O–H groups in total. The van der Waals surface area contributed by atoms with Crippen LogP contribution in [-0.2, 0) is 14.6 Å². The maximum Gasteiger partial charge on any atom is 0.255 e. The number of methoxy groups -OCH3 is 1. The quantitative estimate of drug-likeness (QED) is 0.368. The van der Waals surface area contributed by atoms with Crippen LogP contribution in [0.25, 0.3) is 11.2 Å². The minimum atomic E-state index is -3.19. The van der Waals surface area contributed by atoms with Gasteiger partial charge in [-0.25, -0.2) is 22.8 Å². The maximum atomic E-state index is 13.7. The number of nitrogens with one attached hydrogen (secondary N) is 3. The molecule has 1 amide bonds. The van der Waals surface area contributed by atoms with Crippen molar-refractivity contribution >= 4 is 38.3 Å². The van der Waals surface area contributed by atoms with E-state index in [0.29, 0.717) is 33.8 Å². The number of anilines is 1. The number of aromatic amines is 1. The fourth-order valence-electron chi connectivity index (χ4n) is 3.50. The summed E-state index contributed by atoms with van der Waals surface area (Å²) in [5, 5.41) is 5.75. The number of H-pyrrole nitrogens is 1. The summed E-state index contributed by atoms with van der Waals surface area (Å²) in [6.45, 7) is 0.157. The predicted octanol–water partition coefficient (Wildman–Crippen LogP) is 1.79. The standard InChI is InChI=1S/C22H27FN6O4S/c1-24-17-9-13(23)5-6-15(17)19(25-2)18-11-27-21-20(29-18)16(10-26-21)22(30)28-14(12-33-3)7-8-34(4,31)32/h5-6,9-11,14,24H,7-8,12H2,1-4H3,(H,26,27)(H,28,30)/t14-/m0/s1. The van der Waals surface area contributed by atoms with Crippen molar-refractivity contribution < 1.29 is 22.3 Å². The van der Waals surface area contributed by atoms with Crippen molar-refractivity contribution in [2.75, 3.05) is 45.1 Å². The van der Waals surface area contributed by atoms with Crippen molar-refractivity contribution in [3.05, 3.63) is 53.2 Å². The van der Waals surface area contributed by atoms with Crippen LogP contribution in [0.3, 0.4) is 0 Å². The van der Waals surface area contributed by atoms with Gasteiger partial charge in [0.15, 0.2) is 5.65 Å². The Morgan fingerprint density at radius 1 is 1.32 bits per heavy atom. The summed E-state index contributed by atoms with van der Waals surface area (Å²) in [6.07, 6.45) is 4.36. The molecule has 1 aromatic carbocycles. The molecule has 2 aromatic heterocycles. The highest BCUT2D eigenvalue weighted by Crippen LogP contribution is 2.22. The molecule has 0 aliphatic rings. The van der Waals surface area contributed by atoms with E-state index in [1.807, 2.05) is 0 Å². The SMILES string of the molecule is CN=C(c1cnc2[nH]cc(C(=O)N[C@@H](CCS(C)(=O)=O)COC)c2n1)c1ccc(F)cc1NC. The zero-order valence-electron chi connectivity index (χ0n) is 19.3. The van der Waals surface area contributed by atoms with E-state index < -0.39 is 27.6 Å². The van der Waals surface area contributed by atoms with E-state index in [2.05, 4.69) is 30.6 Å². The van der Waals surface area contributed by atoms with Crippen molar-refractivity contribution in [2.24, 2.45) is 4.99 Å². The molecule has 3 aromatic rings. The van der Waals surface area contributed by atoms with Gasteiger partial charge in [0.05, 0.1) is 35.9 Å². The first-order chi connectivity index (χ1) is 16.2. The number of benzene rings is 1. The van der Waals surface area contributed by atoms with E-state index in [-0.39, 0.29) is 24.3 Å². The van der Waals surface area contributed by atoms with Crippen LogP contribution in [0.5, 0.6) is 0 Å². The van der Waals surface area contributed by atoms with Crippen LogP contribution in [-0.4, -0.2) is 80.9 Å². The van der Waals surface area contributed by atoms with Gasteiger partial charge in [0.1, 0.15) is 26.9 Å². The average molecular weight is 491 g/mol. The minimum Gasteiger partial charge on any atom is -0.387 e. The normalized spacial score (nSPS) is 13.1. The number of fused-ring (bicyclic) bond motifs is 1. The van der Waals surface area contributed by atoms with Gasteiger partial charge in [-0.05, 0) is 24.6 Å². The van der Waals surface area contributed by atoms with Gasteiger partial charge in [0.2, 0.25) is 0 Å². The van der Waals surface area contributed by atoms with Crippen LogP contribution in [0.2, 0.25) is 0 Å². The van der Waals surface area contributed by atoms with E-state index in [1.54, 1.807) is 20.2 Å². The summed E-state index contributed by atoms with van der Waals surface area (Å²) >= 11 is 0. The first-order valence-corrected chi connectivity index (χ1v) is 12.5. The zero-order chi connectivity index (χ0) is 24.9. The molecule has 1 atom stereocenters. The smallest absolute Gasteiger partial charge is 0.255 e. The van der Waals surface area contributed by atoms with Crippen LogP contribution in [0.15, 0.2) is 35.6 Å². The molecule has 0 radical (unpaired) electrons. The Labute approximate surface area is 197 Å². The second-order valence-corrected chi connectivity index (χ2v) is 9.97. The molecule has 0 saturated heterocycles. The monoisotopic (exact) mass is 490 g/mol. The molecular formula is C22H27FN6O4S. The highest BCUT2D eigenvalue weighted by molar-refractivity contribution is 7.90. The number of sulfone groups is 1. The summed E-state index contributed by atoms with van der Waals surface area (Å²) < 4.78 is 41.9. The lowest BCUT2D eigenvalue weighted by atomic mass is 10.0. The lowest BCUT2D eigenvalue weighted by Gasteiger charge is -2.17. The van der Waals surface area contributed by atoms with Crippen LogP contribution in [0.4, 0.5) is 10.1 Å². The molecule has 2 heterocycles. The van der Waals surface area contributed by atoms with Crippen LogP contribution >= 0.6 is 0 Å². The summed E-state index contributed by atoms with van der Waals surface area (Å²) in [6, 6.07) is 3.78. The van der Waals surface area contributed by atoms with Crippen LogP contribution in [0, 0.1) is 5.82 Å². The molecule has 0 aliphatic heterocycles. The third-order valence-electron chi connectivity index (χ3n) is 5.14. The van der Waals surface area contributed by atoms with E-state index in [4.69, 9.17) is 4.74 Å². The van der Waals surface area contributed by atoms with Gasteiger partial charge in [-0.1, -0.05) is 0 Å². The molecule has 0 bridgehead atoms. The number of halogens is 1. The largest absolute Gasteiger partial charge is 0.387 e. The number of rotatable bonds is 10. The Morgan fingerprint density at radius 2 is 2.09 bits per heavy atom. The summed E-state index contributed by atoms with van der Waals surface area (Å²) in [4.78, 5) is 29.2. The van der Waals surface area contributed by atoms with Crippen molar-refractivity contribution in [3.8, 4) is 0 Å². The van der Waals surface area contributed by atoms with Gasteiger partial charge in [0.25, 0.3) is 5.91 Å². The molecule has 182 valence electrons. The number of carbonyl (C=O) groups excluding carboxylic acids is 1. The first kappa shape index (κ1) is 25.2.